The molecule has 2 aliphatic heterocycles. The number of benzene rings is 2. The van der Waals surface area contributed by atoms with Crippen molar-refractivity contribution in [2.45, 2.75) is 6.54 Å². The molecule has 0 amide bonds. The Morgan fingerprint density at radius 2 is 1.72 bits per heavy atom. The number of fused-ring (bicyclic) bond motifs is 1. The van der Waals surface area contributed by atoms with E-state index in [1.807, 2.05) is 12.1 Å². The molecule has 0 aliphatic carbocycles. The van der Waals surface area contributed by atoms with Crippen LogP contribution in [0, 0.1) is 5.82 Å². The monoisotopic (exact) mass is 406 g/mol. The highest BCUT2D eigenvalue weighted by Crippen LogP contribution is 2.26. The van der Waals surface area contributed by atoms with E-state index in [0.717, 1.165) is 5.56 Å². The van der Waals surface area contributed by atoms with Crippen molar-refractivity contribution in [3.63, 3.8) is 0 Å². The molecular formula is C20H12ClFN6O. The summed E-state index contributed by atoms with van der Waals surface area (Å²) in [6.45, 7) is 0.262. The largest absolute Gasteiger partial charge is 0.337 e. The normalized spacial score (nSPS) is 11.2. The molecule has 0 saturated heterocycles. The first kappa shape index (κ1) is 17.4. The lowest BCUT2D eigenvalue weighted by molar-refractivity contribution is 0.365. The topological polar surface area (TPSA) is 82.5 Å². The number of nitrogens with zero attached hydrogens (tertiary/aromatic N) is 6. The lowest BCUT2D eigenvalue weighted by atomic mass is 10.2. The number of aromatic nitrogens is 6. The molecule has 2 aromatic carbocycles. The Morgan fingerprint density at radius 1 is 0.931 bits per heavy atom. The molecular weight excluding hydrogens is 395 g/mol. The number of rotatable bonds is 4. The molecule has 5 rings (SSSR count). The van der Waals surface area contributed by atoms with Crippen LogP contribution in [-0.4, -0.2) is 29.9 Å². The highest BCUT2D eigenvalue weighted by Gasteiger charge is 2.17. The summed E-state index contributed by atoms with van der Waals surface area (Å²) in [5, 5.41) is 8.92. The SMILES string of the molecule is Fc1ccccc1-c1nc2cnn(Cc3nc(-c4ccc(Cl)cc4)no3)cc-2n1. The Morgan fingerprint density at radius 3 is 2.55 bits per heavy atom. The summed E-state index contributed by atoms with van der Waals surface area (Å²) >= 11 is 5.90. The van der Waals surface area contributed by atoms with Gasteiger partial charge in [-0.15, -0.1) is 0 Å². The van der Waals surface area contributed by atoms with Gasteiger partial charge in [0.1, 0.15) is 23.7 Å². The second kappa shape index (κ2) is 7.06. The van der Waals surface area contributed by atoms with E-state index in [0.29, 0.717) is 39.5 Å². The van der Waals surface area contributed by atoms with Crippen LogP contribution in [0.4, 0.5) is 4.39 Å². The standard InChI is InChI=1S/C20H12ClFN6O/c21-13-7-5-12(6-8-13)19-26-18(29-27-19)11-28-10-17-16(9-23-28)24-20(25-17)14-3-1-2-4-15(14)22/h1-10H,11H2. The van der Waals surface area contributed by atoms with Gasteiger partial charge in [-0.25, -0.2) is 14.4 Å². The molecule has 0 fully saturated rings. The van der Waals surface area contributed by atoms with Crippen LogP contribution in [0.1, 0.15) is 5.89 Å². The van der Waals surface area contributed by atoms with Gasteiger partial charge in [0, 0.05) is 10.6 Å². The fourth-order valence-electron chi connectivity index (χ4n) is 2.88. The molecule has 3 heterocycles. The molecule has 7 nitrogen and oxygen atoms in total. The molecule has 0 radical (unpaired) electrons. The molecule has 3 aromatic rings. The third kappa shape index (κ3) is 3.45. The minimum absolute atomic E-state index is 0.262. The van der Waals surface area contributed by atoms with Crippen molar-refractivity contribution < 1.29 is 8.91 Å². The van der Waals surface area contributed by atoms with E-state index in [9.17, 15) is 4.39 Å². The van der Waals surface area contributed by atoms with E-state index in [4.69, 9.17) is 16.1 Å². The minimum Gasteiger partial charge on any atom is -0.337 e. The van der Waals surface area contributed by atoms with E-state index in [1.165, 1.54) is 6.07 Å². The Balaban J connectivity index is 1.41. The zero-order chi connectivity index (χ0) is 19.8. The summed E-state index contributed by atoms with van der Waals surface area (Å²) in [7, 11) is 0. The van der Waals surface area contributed by atoms with Crippen LogP contribution in [0.3, 0.4) is 0 Å². The maximum atomic E-state index is 14.0. The van der Waals surface area contributed by atoms with Gasteiger partial charge >= 0.3 is 0 Å². The second-order valence-corrected chi connectivity index (χ2v) is 6.72. The Labute approximate surface area is 169 Å². The Kier molecular flexibility index (Phi) is 4.25. The van der Waals surface area contributed by atoms with Gasteiger partial charge in [0.05, 0.1) is 18.0 Å². The highest BCUT2D eigenvalue weighted by atomic mass is 35.5. The average molecular weight is 407 g/mol. The average Bonchev–Trinajstić information content (AvgIpc) is 3.35. The molecule has 1 aromatic heterocycles. The number of hydrogen-bond donors (Lipinski definition) is 0. The smallest absolute Gasteiger partial charge is 0.248 e. The molecule has 0 unspecified atom stereocenters. The first-order valence-corrected chi connectivity index (χ1v) is 9.07. The fourth-order valence-corrected chi connectivity index (χ4v) is 3.01. The summed E-state index contributed by atoms with van der Waals surface area (Å²) in [5.74, 6) is 0.804. The van der Waals surface area contributed by atoms with Crippen LogP contribution >= 0.6 is 11.6 Å². The summed E-state index contributed by atoms with van der Waals surface area (Å²) in [6.07, 6.45) is 3.28. The van der Waals surface area contributed by atoms with Gasteiger partial charge in [-0.05, 0) is 36.4 Å². The summed E-state index contributed by atoms with van der Waals surface area (Å²) in [4.78, 5) is 13.2. The predicted molar refractivity (Wildman–Crippen MR) is 104 cm³/mol. The molecule has 0 N–H and O–H groups in total. The quantitative estimate of drug-likeness (QED) is 0.441. The molecule has 0 spiro atoms. The van der Waals surface area contributed by atoms with Crippen molar-refractivity contribution in [3.05, 3.63) is 77.7 Å². The molecule has 9 heteroatoms. The molecule has 0 atom stereocenters. The van der Waals surface area contributed by atoms with Crippen molar-refractivity contribution >= 4 is 11.6 Å². The minimum atomic E-state index is -0.371. The summed E-state index contributed by atoms with van der Waals surface area (Å²) < 4.78 is 20.9. The maximum Gasteiger partial charge on any atom is 0.248 e. The van der Waals surface area contributed by atoms with E-state index in [-0.39, 0.29) is 12.4 Å². The number of imidazole rings is 1. The van der Waals surface area contributed by atoms with Gasteiger partial charge in [0.15, 0.2) is 5.82 Å². The van der Waals surface area contributed by atoms with E-state index in [1.54, 1.807) is 47.4 Å². The van der Waals surface area contributed by atoms with Crippen molar-refractivity contribution in [2.75, 3.05) is 0 Å². The van der Waals surface area contributed by atoms with Crippen LogP contribution in [0.15, 0.2) is 65.4 Å². The molecule has 0 saturated carbocycles. The molecule has 0 bridgehead atoms. The Hall–Kier alpha value is -3.65. The Bertz CT molecular complexity index is 1270. The van der Waals surface area contributed by atoms with Crippen molar-refractivity contribution in [1.29, 1.82) is 0 Å². The number of hydrogen-bond acceptors (Lipinski definition) is 6. The van der Waals surface area contributed by atoms with Gasteiger partial charge in [-0.3, -0.25) is 4.68 Å². The maximum absolute atomic E-state index is 14.0. The van der Waals surface area contributed by atoms with Crippen molar-refractivity contribution in [3.8, 4) is 34.2 Å². The highest BCUT2D eigenvalue weighted by molar-refractivity contribution is 6.30. The lowest BCUT2D eigenvalue weighted by Gasteiger charge is -2.02. The van der Waals surface area contributed by atoms with E-state index in [2.05, 4.69) is 25.2 Å². The first-order chi connectivity index (χ1) is 14.2. The summed E-state index contributed by atoms with van der Waals surface area (Å²) in [6, 6.07) is 13.5. The van der Waals surface area contributed by atoms with Crippen LogP contribution in [0.2, 0.25) is 5.02 Å². The van der Waals surface area contributed by atoms with E-state index >= 15 is 0 Å². The van der Waals surface area contributed by atoms with Crippen molar-refractivity contribution in [1.82, 2.24) is 29.9 Å². The summed E-state index contributed by atoms with van der Waals surface area (Å²) in [5.41, 5.74) is 2.32. The van der Waals surface area contributed by atoms with Gasteiger partial charge in [0.25, 0.3) is 0 Å². The number of halogens is 2. The second-order valence-electron chi connectivity index (χ2n) is 6.29. The van der Waals surface area contributed by atoms with Crippen LogP contribution < -0.4 is 0 Å². The third-order valence-corrected chi connectivity index (χ3v) is 4.55. The first-order valence-electron chi connectivity index (χ1n) is 8.69. The van der Waals surface area contributed by atoms with Crippen LogP contribution in [-0.2, 0) is 6.54 Å². The van der Waals surface area contributed by atoms with Crippen molar-refractivity contribution in [2.24, 2.45) is 0 Å². The third-order valence-electron chi connectivity index (χ3n) is 4.30. The molecule has 142 valence electrons. The predicted octanol–water partition coefficient (Wildman–Crippen LogP) is 4.34. The van der Waals surface area contributed by atoms with E-state index < -0.39 is 0 Å². The lowest BCUT2D eigenvalue weighted by Crippen LogP contribution is -2.05. The molecule has 29 heavy (non-hydrogen) atoms. The molecule has 2 aliphatic rings. The zero-order valence-corrected chi connectivity index (χ0v) is 15.6. The zero-order valence-electron chi connectivity index (χ0n) is 14.8. The van der Waals surface area contributed by atoms with Crippen LogP contribution in [0.25, 0.3) is 34.2 Å². The fraction of sp³-hybridized carbons (Fsp3) is 0.0500. The van der Waals surface area contributed by atoms with Crippen LogP contribution in [0.5, 0.6) is 0 Å². The van der Waals surface area contributed by atoms with Gasteiger partial charge < -0.3 is 4.52 Å². The van der Waals surface area contributed by atoms with Gasteiger partial charge in [0.2, 0.25) is 11.7 Å². The van der Waals surface area contributed by atoms with Gasteiger partial charge in [-0.1, -0.05) is 28.9 Å². The van der Waals surface area contributed by atoms with Gasteiger partial charge in [-0.2, -0.15) is 10.1 Å².